The van der Waals surface area contributed by atoms with Crippen LogP contribution in [0.2, 0.25) is 0 Å². The number of rotatable bonds is 5. The lowest BCUT2D eigenvalue weighted by Crippen LogP contribution is -2.46. The highest BCUT2D eigenvalue weighted by Crippen LogP contribution is 2.40. The van der Waals surface area contributed by atoms with E-state index in [1.54, 1.807) is 10.4 Å². The molecule has 0 radical (unpaired) electrons. The fraction of sp³-hybridized carbons (Fsp3) is 0.520. The van der Waals surface area contributed by atoms with E-state index in [2.05, 4.69) is 54.0 Å². The third-order valence-electron chi connectivity index (χ3n) is 6.79. The van der Waals surface area contributed by atoms with Crippen molar-refractivity contribution in [2.75, 3.05) is 31.1 Å². The monoisotopic (exact) mass is 420 g/mol. The van der Waals surface area contributed by atoms with Crippen LogP contribution in [0.1, 0.15) is 60.9 Å². The highest BCUT2D eigenvalue weighted by molar-refractivity contribution is 7.19. The molecule has 30 heavy (non-hydrogen) atoms. The van der Waals surface area contributed by atoms with Gasteiger partial charge in [-0.25, -0.2) is 9.97 Å². The number of nitrogens with zero attached hydrogens (tertiary/aromatic N) is 4. The smallest absolute Gasteiger partial charge is 0.141 e. The maximum Gasteiger partial charge on any atom is 0.141 e. The SMILES string of the molecule is CC[C@H](C)c1nc(N2CCN(Cc3ccccc3)CC2)c2c3c(sc2n1)CCCC3. The molecule has 0 spiro atoms. The van der Waals surface area contributed by atoms with Crippen molar-refractivity contribution >= 4 is 27.4 Å². The number of fused-ring (bicyclic) bond motifs is 3. The molecule has 0 unspecified atom stereocenters. The van der Waals surface area contributed by atoms with E-state index >= 15 is 0 Å². The summed E-state index contributed by atoms with van der Waals surface area (Å²) in [6.07, 6.45) is 6.12. The molecule has 0 bridgehead atoms. The van der Waals surface area contributed by atoms with Gasteiger partial charge in [0.05, 0.1) is 5.39 Å². The second-order valence-electron chi connectivity index (χ2n) is 8.85. The Hall–Kier alpha value is -1.98. The van der Waals surface area contributed by atoms with E-state index in [1.807, 2.05) is 11.3 Å². The Morgan fingerprint density at radius 1 is 1.00 bits per heavy atom. The van der Waals surface area contributed by atoms with Gasteiger partial charge in [0.2, 0.25) is 0 Å². The number of aryl methyl sites for hydroxylation is 2. The van der Waals surface area contributed by atoms with E-state index in [0.717, 1.165) is 45.0 Å². The number of aromatic nitrogens is 2. The van der Waals surface area contributed by atoms with Crippen molar-refractivity contribution in [3.8, 4) is 0 Å². The number of benzene rings is 1. The summed E-state index contributed by atoms with van der Waals surface area (Å²) in [4.78, 5) is 18.1. The Kier molecular flexibility index (Phi) is 5.74. The van der Waals surface area contributed by atoms with Gasteiger partial charge in [0.1, 0.15) is 16.5 Å². The zero-order valence-electron chi connectivity index (χ0n) is 18.2. The maximum atomic E-state index is 5.19. The van der Waals surface area contributed by atoms with Crippen LogP contribution < -0.4 is 4.90 Å². The number of hydrogen-bond acceptors (Lipinski definition) is 5. The van der Waals surface area contributed by atoms with Gasteiger partial charge in [-0.15, -0.1) is 11.3 Å². The molecule has 0 amide bonds. The summed E-state index contributed by atoms with van der Waals surface area (Å²) in [5.74, 6) is 2.66. The summed E-state index contributed by atoms with van der Waals surface area (Å²) in [7, 11) is 0. The molecule has 0 N–H and O–H groups in total. The van der Waals surface area contributed by atoms with E-state index < -0.39 is 0 Å². The molecular weight excluding hydrogens is 388 g/mol. The molecule has 3 heterocycles. The van der Waals surface area contributed by atoms with Crippen molar-refractivity contribution < 1.29 is 0 Å². The van der Waals surface area contributed by atoms with Crippen molar-refractivity contribution in [3.05, 3.63) is 52.2 Å². The van der Waals surface area contributed by atoms with Crippen molar-refractivity contribution in [1.29, 1.82) is 0 Å². The quantitative estimate of drug-likeness (QED) is 0.553. The first-order chi connectivity index (χ1) is 14.7. The third-order valence-corrected chi connectivity index (χ3v) is 7.97. The zero-order valence-corrected chi connectivity index (χ0v) is 19.0. The number of anilines is 1. The molecule has 3 aromatic rings. The second-order valence-corrected chi connectivity index (χ2v) is 9.94. The van der Waals surface area contributed by atoms with Crippen molar-refractivity contribution in [2.24, 2.45) is 0 Å². The van der Waals surface area contributed by atoms with Gasteiger partial charge in [-0.3, -0.25) is 4.90 Å². The molecule has 1 fully saturated rings. The molecular formula is C25H32N4S. The molecule has 1 aliphatic carbocycles. The van der Waals surface area contributed by atoms with Gasteiger partial charge in [0.15, 0.2) is 0 Å². The van der Waals surface area contributed by atoms with Crippen LogP contribution >= 0.6 is 11.3 Å². The van der Waals surface area contributed by atoms with E-state index in [-0.39, 0.29) is 0 Å². The summed E-state index contributed by atoms with van der Waals surface area (Å²) in [5.41, 5.74) is 2.96. The van der Waals surface area contributed by atoms with Crippen molar-refractivity contribution in [1.82, 2.24) is 14.9 Å². The van der Waals surface area contributed by atoms with E-state index in [9.17, 15) is 0 Å². The van der Waals surface area contributed by atoms with Gasteiger partial charge in [-0.05, 0) is 43.2 Å². The molecule has 1 aromatic carbocycles. The van der Waals surface area contributed by atoms with Crippen molar-refractivity contribution in [2.45, 2.75) is 58.4 Å². The van der Waals surface area contributed by atoms with Gasteiger partial charge in [0, 0.05) is 43.5 Å². The minimum Gasteiger partial charge on any atom is -0.353 e. The summed E-state index contributed by atoms with van der Waals surface area (Å²) in [6, 6.07) is 10.8. The summed E-state index contributed by atoms with van der Waals surface area (Å²) in [6.45, 7) is 9.81. The van der Waals surface area contributed by atoms with E-state index in [1.165, 1.54) is 47.3 Å². The Bertz CT molecular complexity index is 1000. The Morgan fingerprint density at radius 2 is 1.77 bits per heavy atom. The van der Waals surface area contributed by atoms with E-state index in [0.29, 0.717) is 5.92 Å². The Labute approximate surface area is 184 Å². The lowest BCUT2D eigenvalue weighted by Gasteiger charge is -2.36. The molecule has 5 heteroatoms. The predicted molar refractivity (Wildman–Crippen MR) is 127 cm³/mol. The van der Waals surface area contributed by atoms with Gasteiger partial charge >= 0.3 is 0 Å². The first-order valence-corrected chi connectivity index (χ1v) is 12.4. The largest absolute Gasteiger partial charge is 0.353 e. The fourth-order valence-corrected chi connectivity index (χ4v) is 6.01. The van der Waals surface area contributed by atoms with E-state index in [4.69, 9.17) is 9.97 Å². The molecule has 5 rings (SSSR count). The molecule has 0 saturated carbocycles. The average Bonchev–Trinajstić information content (AvgIpc) is 3.18. The number of thiophene rings is 1. The maximum absolute atomic E-state index is 5.19. The van der Waals surface area contributed by atoms with Crippen molar-refractivity contribution in [3.63, 3.8) is 0 Å². The number of hydrogen-bond donors (Lipinski definition) is 0. The highest BCUT2D eigenvalue weighted by Gasteiger charge is 2.26. The number of piperazine rings is 1. The summed E-state index contributed by atoms with van der Waals surface area (Å²) < 4.78 is 0. The van der Waals surface area contributed by atoms with Crippen LogP contribution in [-0.4, -0.2) is 41.0 Å². The lowest BCUT2D eigenvalue weighted by atomic mass is 9.96. The Morgan fingerprint density at radius 3 is 2.53 bits per heavy atom. The fourth-order valence-electron chi connectivity index (χ4n) is 4.75. The third kappa shape index (κ3) is 3.85. The van der Waals surface area contributed by atoms with Crippen LogP contribution in [0.15, 0.2) is 30.3 Å². The summed E-state index contributed by atoms with van der Waals surface area (Å²) in [5, 5.41) is 1.37. The molecule has 158 valence electrons. The van der Waals surface area contributed by atoms with Gasteiger partial charge in [0.25, 0.3) is 0 Å². The highest BCUT2D eigenvalue weighted by atomic mass is 32.1. The molecule has 2 aliphatic rings. The minimum atomic E-state index is 0.409. The topological polar surface area (TPSA) is 32.3 Å². The van der Waals surface area contributed by atoms with Crippen LogP contribution in [0.5, 0.6) is 0 Å². The van der Waals surface area contributed by atoms with Gasteiger partial charge in [-0.1, -0.05) is 44.2 Å². The van der Waals surface area contributed by atoms with Gasteiger partial charge in [-0.2, -0.15) is 0 Å². The molecule has 4 nitrogen and oxygen atoms in total. The normalized spacial score (nSPS) is 18.5. The second kappa shape index (κ2) is 8.64. The minimum absolute atomic E-state index is 0.409. The molecule has 1 atom stereocenters. The lowest BCUT2D eigenvalue weighted by molar-refractivity contribution is 0.249. The molecule has 1 saturated heterocycles. The molecule has 1 aliphatic heterocycles. The first-order valence-electron chi connectivity index (χ1n) is 11.6. The van der Waals surface area contributed by atoms with Crippen LogP contribution in [-0.2, 0) is 19.4 Å². The standard InChI is InChI=1S/C25H32N4S/c1-3-18(2)23-26-24(22-20-11-7-8-12-21(20)30-25(22)27-23)29-15-13-28(14-16-29)17-19-9-5-4-6-10-19/h4-6,9-10,18H,3,7-8,11-17H2,1-2H3/t18-/m0/s1. The van der Waals surface area contributed by atoms with Crippen LogP contribution in [0, 0.1) is 0 Å². The average molecular weight is 421 g/mol. The molecule has 2 aromatic heterocycles. The zero-order chi connectivity index (χ0) is 20.5. The van der Waals surface area contributed by atoms with Crippen LogP contribution in [0.4, 0.5) is 5.82 Å². The van der Waals surface area contributed by atoms with Gasteiger partial charge < -0.3 is 4.90 Å². The van der Waals surface area contributed by atoms with Crippen LogP contribution in [0.3, 0.4) is 0 Å². The van der Waals surface area contributed by atoms with Crippen LogP contribution in [0.25, 0.3) is 10.2 Å². The summed E-state index contributed by atoms with van der Waals surface area (Å²) >= 11 is 1.93. The predicted octanol–water partition coefficient (Wildman–Crippen LogP) is 5.41. The Balaban J connectivity index is 1.43. The first kappa shape index (κ1) is 20.0.